The number of hydrazone groups is 1. The van der Waals surface area contributed by atoms with E-state index in [2.05, 4.69) is 9.97 Å². The third-order valence-corrected chi connectivity index (χ3v) is 8.73. The summed E-state index contributed by atoms with van der Waals surface area (Å²) in [5.74, 6) is 0.986. The number of hydrogen-bond donors (Lipinski definition) is 0. The van der Waals surface area contributed by atoms with E-state index < -0.39 is 0 Å². The first kappa shape index (κ1) is 19.2. The van der Waals surface area contributed by atoms with Gasteiger partial charge in [-0.1, -0.05) is 17.8 Å². The van der Waals surface area contributed by atoms with Crippen LogP contribution in [-0.2, 0) is 17.6 Å². The maximum Gasteiger partial charge on any atom is 0.253 e. The predicted octanol–water partition coefficient (Wildman–Crippen LogP) is 5.30. The Kier molecular flexibility index (Phi) is 4.89. The van der Waals surface area contributed by atoms with Gasteiger partial charge in [-0.05, 0) is 48.4 Å². The normalized spacial score (nSPS) is 18.0. The molecule has 4 aromatic heterocycles. The maximum atomic E-state index is 13.3. The van der Waals surface area contributed by atoms with Crippen LogP contribution in [0.2, 0.25) is 0 Å². The molecule has 9 heteroatoms. The summed E-state index contributed by atoms with van der Waals surface area (Å²) < 4.78 is 5.63. The van der Waals surface area contributed by atoms with Crippen molar-refractivity contribution in [2.45, 2.75) is 36.8 Å². The molecule has 5 heterocycles. The number of aromatic nitrogens is 2. The molecule has 0 radical (unpaired) electrons. The van der Waals surface area contributed by atoms with Gasteiger partial charge in [-0.2, -0.15) is 5.10 Å². The van der Waals surface area contributed by atoms with Crippen LogP contribution in [-0.4, -0.2) is 32.3 Å². The first-order valence-electron chi connectivity index (χ1n) is 10.1. The van der Waals surface area contributed by atoms with Crippen molar-refractivity contribution in [3.63, 3.8) is 0 Å². The van der Waals surface area contributed by atoms with Crippen LogP contribution >= 0.6 is 34.4 Å². The zero-order chi connectivity index (χ0) is 20.8. The molecule has 6 nitrogen and oxygen atoms in total. The predicted molar refractivity (Wildman–Crippen MR) is 124 cm³/mol. The molecule has 0 fully saturated rings. The molecule has 0 N–H and O–H groups in total. The Hall–Kier alpha value is -2.49. The van der Waals surface area contributed by atoms with E-state index in [1.54, 1.807) is 40.3 Å². The molecule has 2 aliphatic rings. The largest absolute Gasteiger partial charge is 0.467 e. The van der Waals surface area contributed by atoms with Gasteiger partial charge in [-0.15, -0.1) is 22.7 Å². The third-order valence-electron chi connectivity index (χ3n) is 5.64. The minimum Gasteiger partial charge on any atom is -0.467 e. The van der Waals surface area contributed by atoms with Gasteiger partial charge in [0.05, 0.1) is 22.6 Å². The van der Waals surface area contributed by atoms with Gasteiger partial charge in [-0.25, -0.2) is 15.0 Å². The van der Waals surface area contributed by atoms with Gasteiger partial charge in [-0.3, -0.25) is 4.79 Å². The second-order valence-corrected chi connectivity index (χ2v) is 10.5. The van der Waals surface area contributed by atoms with Crippen LogP contribution in [0.1, 0.15) is 40.0 Å². The van der Waals surface area contributed by atoms with Crippen LogP contribution < -0.4 is 0 Å². The van der Waals surface area contributed by atoms with Gasteiger partial charge in [0.2, 0.25) is 0 Å². The molecule has 4 aromatic rings. The molecule has 1 aliphatic carbocycles. The molecule has 1 amide bonds. The number of carbonyl (C=O) groups excluding carboxylic acids is 1. The van der Waals surface area contributed by atoms with Crippen LogP contribution in [0.15, 0.2) is 56.8 Å². The van der Waals surface area contributed by atoms with Gasteiger partial charge in [0.25, 0.3) is 5.91 Å². The highest BCUT2D eigenvalue weighted by Crippen LogP contribution is 2.40. The van der Waals surface area contributed by atoms with Crippen molar-refractivity contribution in [3.8, 4) is 0 Å². The summed E-state index contributed by atoms with van der Waals surface area (Å²) in [7, 11) is 0. The fourth-order valence-corrected chi connectivity index (χ4v) is 7.13. The van der Waals surface area contributed by atoms with E-state index in [1.807, 2.05) is 29.6 Å². The quantitative estimate of drug-likeness (QED) is 0.295. The number of thiophene rings is 2. The van der Waals surface area contributed by atoms with Crippen molar-refractivity contribution < 1.29 is 9.21 Å². The van der Waals surface area contributed by atoms with E-state index in [0.717, 1.165) is 44.4 Å². The minimum atomic E-state index is -0.212. The van der Waals surface area contributed by atoms with E-state index in [4.69, 9.17) is 9.52 Å². The Labute approximate surface area is 191 Å². The van der Waals surface area contributed by atoms with Crippen LogP contribution in [0.3, 0.4) is 0 Å². The molecule has 0 spiro atoms. The van der Waals surface area contributed by atoms with Gasteiger partial charge in [0, 0.05) is 16.7 Å². The molecule has 1 aliphatic heterocycles. The smallest absolute Gasteiger partial charge is 0.253 e. The lowest BCUT2D eigenvalue weighted by molar-refractivity contribution is -0.130. The molecule has 31 heavy (non-hydrogen) atoms. The van der Waals surface area contributed by atoms with Crippen LogP contribution in [0.25, 0.3) is 10.2 Å². The second-order valence-electron chi connectivity index (χ2n) is 7.50. The number of nitrogens with zero attached hydrogens (tertiary/aromatic N) is 4. The van der Waals surface area contributed by atoms with Crippen molar-refractivity contribution in [3.05, 3.63) is 63.3 Å². The molecule has 1 unspecified atom stereocenters. The van der Waals surface area contributed by atoms with Gasteiger partial charge < -0.3 is 4.42 Å². The maximum absolute atomic E-state index is 13.3. The van der Waals surface area contributed by atoms with E-state index in [1.165, 1.54) is 28.6 Å². The summed E-state index contributed by atoms with van der Waals surface area (Å²) in [6.07, 6.45) is 7.29. The zero-order valence-corrected chi connectivity index (χ0v) is 18.9. The fraction of sp³-hybridized carbons (Fsp3) is 0.273. The molecular weight excluding hydrogens is 448 g/mol. The molecule has 0 saturated carbocycles. The lowest BCUT2D eigenvalue weighted by Crippen LogP contribution is -2.28. The fourth-order valence-electron chi connectivity index (χ4n) is 4.24. The van der Waals surface area contributed by atoms with Crippen LogP contribution in [0.5, 0.6) is 0 Å². The number of carbonyl (C=O) groups is 1. The molecular formula is C22H18N4O2S3. The molecule has 6 rings (SSSR count). The van der Waals surface area contributed by atoms with Crippen LogP contribution in [0.4, 0.5) is 0 Å². The summed E-state index contributed by atoms with van der Waals surface area (Å²) in [4.78, 5) is 25.8. The number of amides is 1. The number of hydrogen-bond acceptors (Lipinski definition) is 8. The second kappa shape index (κ2) is 7.89. The SMILES string of the molecule is O=C(CSc1ncnc2sc3c(c12)CCC3)N1N=C(c2cccs2)CC1c1ccco1. The Morgan fingerprint density at radius 1 is 1.26 bits per heavy atom. The average molecular weight is 467 g/mol. The lowest BCUT2D eigenvalue weighted by Gasteiger charge is -2.19. The highest BCUT2D eigenvalue weighted by molar-refractivity contribution is 8.00. The monoisotopic (exact) mass is 466 g/mol. The Balaban J connectivity index is 1.27. The first-order valence-corrected chi connectivity index (χ1v) is 12.8. The minimum absolute atomic E-state index is 0.0448. The van der Waals surface area contributed by atoms with Crippen molar-refractivity contribution in [2.24, 2.45) is 5.10 Å². The van der Waals surface area contributed by atoms with Crippen molar-refractivity contribution in [2.75, 3.05) is 5.75 Å². The lowest BCUT2D eigenvalue weighted by atomic mass is 10.1. The summed E-state index contributed by atoms with van der Waals surface area (Å²) >= 11 is 4.88. The Bertz CT molecular complexity index is 1280. The van der Waals surface area contributed by atoms with E-state index in [-0.39, 0.29) is 17.7 Å². The molecule has 0 bridgehead atoms. The van der Waals surface area contributed by atoms with Crippen molar-refractivity contribution >= 4 is 56.3 Å². The van der Waals surface area contributed by atoms with Gasteiger partial charge in [0.1, 0.15) is 28.0 Å². The number of thioether (sulfide) groups is 1. The molecule has 0 saturated heterocycles. The number of aryl methyl sites for hydroxylation is 2. The van der Waals surface area contributed by atoms with Gasteiger partial charge >= 0.3 is 0 Å². The Morgan fingerprint density at radius 2 is 2.23 bits per heavy atom. The molecule has 1 atom stereocenters. The van der Waals surface area contributed by atoms with Crippen molar-refractivity contribution in [1.29, 1.82) is 0 Å². The topological polar surface area (TPSA) is 71.6 Å². The number of fused-ring (bicyclic) bond motifs is 3. The average Bonchev–Trinajstić information content (AvgIpc) is 3.58. The summed E-state index contributed by atoms with van der Waals surface area (Å²) in [5, 5.41) is 10.4. The summed E-state index contributed by atoms with van der Waals surface area (Å²) in [6.45, 7) is 0. The highest BCUT2D eigenvalue weighted by atomic mass is 32.2. The molecule has 156 valence electrons. The zero-order valence-electron chi connectivity index (χ0n) is 16.5. The summed E-state index contributed by atoms with van der Waals surface area (Å²) in [6, 6.07) is 7.60. The number of furan rings is 1. The first-order chi connectivity index (χ1) is 15.3. The van der Waals surface area contributed by atoms with E-state index in [9.17, 15) is 4.79 Å². The van der Waals surface area contributed by atoms with Gasteiger partial charge in [0.15, 0.2) is 0 Å². The summed E-state index contributed by atoms with van der Waals surface area (Å²) in [5.41, 5.74) is 2.30. The molecule has 0 aromatic carbocycles. The third kappa shape index (κ3) is 3.40. The van der Waals surface area contributed by atoms with Crippen LogP contribution in [0, 0.1) is 0 Å². The van der Waals surface area contributed by atoms with E-state index >= 15 is 0 Å². The Morgan fingerprint density at radius 3 is 3.06 bits per heavy atom. The van der Waals surface area contributed by atoms with E-state index in [0.29, 0.717) is 6.42 Å². The standard InChI is InChI=1S/C22H18N4O2S3/c27-19(11-30-21-20-13-4-1-6-17(13)31-22(20)24-12-23-21)26-15(16-5-2-8-28-16)10-14(25-26)18-7-3-9-29-18/h2-3,5,7-9,12,15H,1,4,6,10-11H2. The van der Waals surface area contributed by atoms with Crippen molar-refractivity contribution in [1.82, 2.24) is 15.0 Å². The number of rotatable bonds is 5. The highest BCUT2D eigenvalue weighted by Gasteiger charge is 2.35.